The fraction of sp³-hybridized carbons (Fsp3) is 0.333. The van der Waals surface area contributed by atoms with Gasteiger partial charge in [0.1, 0.15) is 6.61 Å². The van der Waals surface area contributed by atoms with Crippen LogP contribution in [0.3, 0.4) is 0 Å². The number of hydrogen-bond acceptors (Lipinski definition) is 3. The van der Waals surface area contributed by atoms with Crippen LogP contribution in [0.2, 0.25) is 0 Å². The Morgan fingerprint density at radius 1 is 1.33 bits per heavy atom. The van der Waals surface area contributed by atoms with E-state index in [0.717, 1.165) is 18.5 Å². The maximum atomic E-state index is 8.87. The highest BCUT2D eigenvalue weighted by molar-refractivity contribution is 7.10. The lowest BCUT2D eigenvalue weighted by atomic mass is 9.96. The molecule has 0 saturated heterocycles. The minimum atomic E-state index is -0.0851. The number of hydrogen-bond donors (Lipinski definition) is 1. The first-order valence-corrected chi connectivity index (χ1v) is 8.18. The lowest BCUT2D eigenvalue weighted by Crippen LogP contribution is -2.36. The number of aryl methyl sites for hydroxylation is 1. The molecule has 1 unspecified atom stereocenters. The highest BCUT2D eigenvalue weighted by Crippen LogP contribution is 2.33. The molecule has 0 fully saturated rings. The average Bonchev–Trinajstić information content (AvgIpc) is 2.95. The van der Waals surface area contributed by atoms with Crippen molar-refractivity contribution < 1.29 is 5.11 Å². The number of rotatable bonds is 2. The number of nitrogens with zero attached hydrogens (tertiary/aromatic N) is 1. The maximum absolute atomic E-state index is 8.87. The molecule has 1 atom stereocenters. The molecule has 3 rings (SSSR count). The number of aliphatic hydroxyl groups is 1. The molecule has 0 saturated carbocycles. The zero-order valence-electron chi connectivity index (χ0n) is 12.2. The third kappa shape index (κ3) is 2.97. The van der Waals surface area contributed by atoms with Crippen LogP contribution in [-0.4, -0.2) is 17.8 Å². The van der Waals surface area contributed by atoms with Crippen LogP contribution in [0.5, 0.6) is 0 Å². The molecule has 2 heterocycles. The zero-order chi connectivity index (χ0) is 14.7. The number of fused-ring (bicyclic) bond motifs is 1. The van der Waals surface area contributed by atoms with Crippen molar-refractivity contribution in [1.29, 1.82) is 0 Å². The molecular formula is C18H19NOS. The molecule has 1 aromatic heterocycles. The summed E-state index contributed by atoms with van der Waals surface area (Å²) in [4.78, 5) is 3.76. The van der Waals surface area contributed by atoms with Crippen molar-refractivity contribution in [2.75, 3.05) is 11.5 Å². The van der Waals surface area contributed by atoms with Crippen molar-refractivity contribution >= 4 is 17.0 Å². The monoisotopic (exact) mass is 297 g/mol. The van der Waals surface area contributed by atoms with Gasteiger partial charge >= 0.3 is 0 Å². The first-order chi connectivity index (χ1) is 10.3. The third-order valence-electron chi connectivity index (χ3n) is 4.03. The Labute approximate surface area is 130 Å². The van der Waals surface area contributed by atoms with E-state index >= 15 is 0 Å². The second-order valence-electron chi connectivity index (χ2n) is 5.36. The molecular weight excluding hydrogens is 278 g/mol. The van der Waals surface area contributed by atoms with Crippen LogP contribution in [0, 0.1) is 11.8 Å². The summed E-state index contributed by atoms with van der Waals surface area (Å²) in [6, 6.07) is 11.3. The molecule has 0 amide bonds. The predicted octanol–water partition coefficient (Wildman–Crippen LogP) is 3.43. The SMILES string of the molecule is CC1CCc2ccccc2N1Cc1sccc1C#CCO. The van der Waals surface area contributed by atoms with Crippen molar-refractivity contribution in [2.45, 2.75) is 32.4 Å². The van der Waals surface area contributed by atoms with Gasteiger partial charge in [-0.3, -0.25) is 0 Å². The first-order valence-electron chi connectivity index (χ1n) is 7.30. The van der Waals surface area contributed by atoms with Gasteiger partial charge in [0.05, 0.1) is 6.54 Å². The van der Waals surface area contributed by atoms with E-state index < -0.39 is 0 Å². The van der Waals surface area contributed by atoms with Crippen molar-refractivity contribution in [3.63, 3.8) is 0 Å². The summed E-state index contributed by atoms with van der Waals surface area (Å²) in [5.74, 6) is 5.81. The van der Waals surface area contributed by atoms with Crippen LogP contribution in [0.1, 0.15) is 29.3 Å². The van der Waals surface area contributed by atoms with Crippen molar-refractivity contribution in [1.82, 2.24) is 0 Å². The van der Waals surface area contributed by atoms with Gasteiger partial charge in [-0.1, -0.05) is 30.0 Å². The summed E-state index contributed by atoms with van der Waals surface area (Å²) in [5, 5.41) is 10.9. The lowest BCUT2D eigenvalue weighted by Gasteiger charge is -2.37. The number of thiophene rings is 1. The largest absolute Gasteiger partial charge is 0.384 e. The second kappa shape index (κ2) is 6.34. The Balaban J connectivity index is 1.89. The highest BCUT2D eigenvalue weighted by atomic mass is 32.1. The second-order valence-corrected chi connectivity index (χ2v) is 6.36. The van der Waals surface area contributed by atoms with Gasteiger partial charge in [0, 0.05) is 22.2 Å². The van der Waals surface area contributed by atoms with Gasteiger partial charge in [0.25, 0.3) is 0 Å². The average molecular weight is 297 g/mol. The van der Waals surface area contributed by atoms with Crippen LogP contribution < -0.4 is 4.90 Å². The van der Waals surface area contributed by atoms with Gasteiger partial charge < -0.3 is 10.0 Å². The normalized spacial score (nSPS) is 17.0. The summed E-state index contributed by atoms with van der Waals surface area (Å²) < 4.78 is 0. The Morgan fingerprint density at radius 3 is 3.05 bits per heavy atom. The van der Waals surface area contributed by atoms with E-state index in [0.29, 0.717) is 6.04 Å². The summed E-state index contributed by atoms with van der Waals surface area (Å²) in [7, 11) is 0. The summed E-state index contributed by atoms with van der Waals surface area (Å²) in [5.41, 5.74) is 3.84. The maximum Gasteiger partial charge on any atom is 0.104 e. The van der Waals surface area contributed by atoms with Crippen molar-refractivity contribution in [3.05, 3.63) is 51.7 Å². The third-order valence-corrected chi connectivity index (χ3v) is 4.93. The zero-order valence-corrected chi connectivity index (χ0v) is 13.0. The molecule has 0 aliphatic carbocycles. The van der Waals surface area contributed by atoms with Gasteiger partial charge in [0.15, 0.2) is 0 Å². The van der Waals surface area contributed by atoms with E-state index in [2.05, 4.69) is 53.3 Å². The van der Waals surface area contributed by atoms with E-state index in [4.69, 9.17) is 5.11 Å². The Kier molecular flexibility index (Phi) is 4.28. The predicted molar refractivity (Wildman–Crippen MR) is 88.7 cm³/mol. The smallest absolute Gasteiger partial charge is 0.104 e. The highest BCUT2D eigenvalue weighted by Gasteiger charge is 2.23. The molecule has 0 radical (unpaired) electrons. The molecule has 0 spiro atoms. The van der Waals surface area contributed by atoms with Crippen molar-refractivity contribution in [2.24, 2.45) is 0 Å². The summed E-state index contributed by atoms with van der Waals surface area (Å²) in [6.45, 7) is 3.10. The van der Waals surface area contributed by atoms with E-state index in [-0.39, 0.29) is 6.61 Å². The quantitative estimate of drug-likeness (QED) is 0.858. The summed E-state index contributed by atoms with van der Waals surface area (Å²) >= 11 is 1.74. The van der Waals surface area contributed by atoms with Crippen LogP contribution in [-0.2, 0) is 13.0 Å². The van der Waals surface area contributed by atoms with Crippen LogP contribution >= 0.6 is 11.3 Å². The molecule has 1 aliphatic rings. The van der Waals surface area contributed by atoms with Crippen LogP contribution in [0.4, 0.5) is 5.69 Å². The van der Waals surface area contributed by atoms with E-state index in [1.807, 2.05) is 6.07 Å². The molecule has 21 heavy (non-hydrogen) atoms. The Bertz CT molecular complexity index is 680. The first kappa shape index (κ1) is 14.2. The molecule has 2 nitrogen and oxygen atoms in total. The number of aliphatic hydroxyl groups excluding tert-OH is 1. The molecule has 1 aliphatic heterocycles. The topological polar surface area (TPSA) is 23.5 Å². The van der Waals surface area contributed by atoms with Gasteiger partial charge in [-0.2, -0.15) is 0 Å². The van der Waals surface area contributed by atoms with Crippen LogP contribution in [0.25, 0.3) is 0 Å². The molecule has 2 aromatic rings. The standard InChI is InChI=1S/C18H19NOS/c1-14-8-9-15-5-2-3-7-17(15)19(14)13-18-16(6-4-11-20)10-12-21-18/h2-3,5,7,10,12,14,20H,8-9,11,13H2,1H3. The Morgan fingerprint density at radius 2 is 2.19 bits per heavy atom. The van der Waals surface area contributed by atoms with Crippen LogP contribution in [0.15, 0.2) is 35.7 Å². The molecule has 108 valence electrons. The molecule has 1 aromatic carbocycles. The molecule has 3 heteroatoms. The number of para-hydroxylation sites is 1. The van der Waals surface area contributed by atoms with E-state index in [9.17, 15) is 0 Å². The fourth-order valence-corrected chi connectivity index (χ4v) is 3.69. The van der Waals surface area contributed by atoms with Gasteiger partial charge in [0.2, 0.25) is 0 Å². The molecule has 1 N–H and O–H groups in total. The lowest BCUT2D eigenvalue weighted by molar-refractivity contribution is 0.350. The minimum Gasteiger partial charge on any atom is -0.384 e. The van der Waals surface area contributed by atoms with Gasteiger partial charge in [-0.05, 0) is 42.8 Å². The van der Waals surface area contributed by atoms with Gasteiger partial charge in [-0.15, -0.1) is 11.3 Å². The van der Waals surface area contributed by atoms with Gasteiger partial charge in [-0.25, -0.2) is 0 Å². The fourth-order valence-electron chi connectivity index (χ4n) is 2.87. The van der Waals surface area contributed by atoms with Crippen molar-refractivity contribution in [3.8, 4) is 11.8 Å². The number of benzene rings is 1. The van der Waals surface area contributed by atoms with E-state index in [1.165, 1.54) is 22.5 Å². The van der Waals surface area contributed by atoms with E-state index in [1.54, 1.807) is 11.3 Å². The number of anilines is 1. The minimum absolute atomic E-state index is 0.0851. The molecule has 0 bridgehead atoms. The summed E-state index contributed by atoms with van der Waals surface area (Å²) in [6.07, 6.45) is 2.36. The Hall–Kier alpha value is -1.76.